The first-order chi connectivity index (χ1) is 7.59. The van der Waals surface area contributed by atoms with E-state index in [2.05, 4.69) is 21.0 Å². The van der Waals surface area contributed by atoms with Crippen LogP contribution in [0.5, 0.6) is 0 Å². The second kappa shape index (κ2) is 5.10. The Bertz CT molecular complexity index is 372. The van der Waals surface area contributed by atoms with Crippen molar-refractivity contribution in [2.75, 3.05) is 5.75 Å². The zero-order valence-electron chi connectivity index (χ0n) is 9.74. The van der Waals surface area contributed by atoms with E-state index in [-0.39, 0.29) is 6.04 Å². The molecular formula is C11H18BrN3S. The predicted molar refractivity (Wildman–Crippen MR) is 72.8 cm³/mol. The van der Waals surface area contributed by atoms with Crippen LogP contribution < -0.4 is 5.73 Å². The highest BCUT2D eigenvalue weighted by Gasteiger charge is 2.24. The summed E-state index contributed by atoms with van der Waals surface area (Å²) in [6.45, 7) is 2.02. The molecule has 2 rings (SSSR count). The standard InChI is InChI=1S/C11H18BrN3S/c1-7-11(12)9(15(2)14-7)6-8(13)10-4-3-5-16-10/h8,10H,3-6,13H2,1-2H3. The third-order valence-corrected chi connectivity index (χ3v) is 5.70. The number of aromatic nitrogens is 2. The minimum absolute atomic E-state index is 0.249. The van der Waals surface area contributed by atoms with Crippen molar-refractivity contribution in [2.45, 2.75) is 37.5 Å². The molecule has 16 heavy (non-hydrogen) atoms. The number of nitrogens with zero attached hydrogens (tertiary/aromatic N) is 2. The van der Waals surface area contributed by atoms with Crippen LogP contribution in [0, 0.1) is 6.92 Å². The molecule has 2 unspecified atom stereocenters. The molecule has 1 aromatic heterocycles. The van der Waals surface area contributed by atoms with Crippen molar-refractivity contribution in [2.24, 2.45) is 12.8 Å². The van der Waals surface area contributed by atoms with Gasteiger partial charge in [0.25, 0.3) is 0 Å². The van der Waals surface area contributed by atoms with E-state index in [0.717, 1.165) is 16.6 Å². The summed E-state index contributed by atoms with van der Waals surface area (Å²) in [6, 6.07) is 0.249. The second-order valence-electron chi connectivity index (χ2n) is 4.39. The Morgan fingerprint density at radius 2 is 2.44 bits per heavy atom. The van der Waals surface area contributed by atoms with Crippen LogP contribution >= 0.6 is 27.7 Å². The number of aryl methyl sites for hydroxylation is 2. The number of thioether (sulfide) groups is 1. The first kappa shape index (κ1) is 12.5. The summed E-state index contributed by atoms with van der Waals surface area (Å²) in [5, 5.41) is 5.02. The summed E-state index contributed by atoms with van der Waals surface area (Å²) < 4.78 is 3.06. The molecule has 2 N–H and O–H groups in total. The van der Waals surface area contributed by atoms with E-state index >= 15 is 0 Å². The molecule has 1 aliphatic heterocycles. The molecule has 0 aromatic carbocycles. The number of hydrogen-bond donors (Lipinski definition) is 1. The smallest absolute Gasteiger partial charge is 0.0738 e. The van der Waals surface area contributed by atoms with E-state index in [1.807, 2.05) is 30.4 Å². The van der Waals surface area contributed by atoms with E-state index < -0.39 is 0 Å². The molecule has 0 amide bonds. The van der Waals surface area contributed by atoms with Gasteiger partial charge in [-0.1, -0.05) is 0 Å². The fourth-order valence-electron chi connectivity index (χ4n) is 2.20. The summed E-state index contributed by atoms with van der Waals surface area (Å²) >= 11 is 5.61. The van der Waals surface area contributed by atoms with Crippen LogP contribution in [0.1, 0.15) is 24.2 Å². The Kier molecular flexibility index (Phi) is 3.97. The lowest BCUT2D eigenvalue weighted by atomic mass is 10.1. The largest absolute Gasteiger partial charge is 0.326 e. The molecule has 0 radical (unpaired) electrons. The minimum atomic E-state index is 0.249. The highest BCUT2D eigenvalue weighted by molar-refractivity contribution is 9.10. The molecule has 1 saturated heterocycles. The molecule has 5 heteroatoms. The second-order valence-corrected chi connectivity index (χ2v) is 6.53. The normalized spacial score (nSPS) is 22.6. The van der Waals surface area contributed by atoms with Crippen molar-refractivity contribution in [3.05, 3.63) is 15.9 Å². The van der Waals surface area contributed by atoms with Gasteiger partial charge in [0.2, 0.25) is 0 Å². The molecular weight excluding hydrogens is 286 g/mol. The SMILES string of the molecule is Cc1nn(C)c(CC(N)C2CCCS2)c1Br. The van der Waals surface area contributed by atoms with Crippen LogP contribution in [0.2, 0.25) is 0 Å². The molecule has 0 spiro atoms. The van der Waals surface area contributed by atoms with Gasteiger partial charge in [-0.2, -0.15) is 16.9 Å². The van der Waals surface area contributed by atoms with Crippen molar-refractivity contribution in [3.8, 4) is 0 Å². The van der Waals surface area contributed by atoms with Gasteiger partial charge in [-0.05, 0) is 41.4 Å². The van der Waals surface area contributed by atoms with Crippen LogP contribution in [-0.4, -0.2) is 26.8 Å². The third kappa shape index (κ3) is 2.46. The molecule has 0 saturated carbocycles. The fourth-order valence-corrected chi connectivity index (χ4v) is 4.01. The maximum Gasteiger partial charge on any atom is 0.0738 e. The summed E-state index contributed by atoms with van der Waals surface area (Å²) in [4.78, 5) is 0. The molecule has 1 fully saturated rings. The average Bonchev–Trinajstić information content (AvgIpc) is 2.83. The molecule has 0 aliphatic carbocycles. The highest BCUT2D eigenvalue weighted by atomic mass is 79.9. The van der Waals surface area contributed by atoms with Crippen molar-refractivity contribution in [1.82, 2.24) is 9.78 Å². The van der Waals surface area contributed by atoms with Crippen LogP contribution in [-0.2, 0) is 13.5 Å². The van der Waals surface area contributed by atoms with Gasteiger partial charge in [0.05, 0.1) is 15.9 Å². The lowest BCUT2D eigenvalue weighted by Gasteiger charge is -2.18. The number of hydrogen-bond acceptors (Lipinski definition) is 3. The Labute approximate surface area is 109 Å². The van der Waals surface area contributed by atoms with E-state index in [1.165, 1.54) is 24.3 Å². The van der Waals surface area contributed by atoms with Gasteiger partial charge in [-0.3, -0.25) is 4.68 Å². The molecule has 2 atom stereocenters. The molecule has 0 bridgehead atoms. The summed E-state index contributed by atoms with van der Waals surface area (Å²) in [5.41, 5.74) is 8.54. The molecule has 90 valence electrons. The van der Waals surface area contributed by atoms with Crippen LogP contribution in [0.3, 0.4) is 0 Å². The number of rotatable bonds is 3. The van der Waals surface area contributed by atoms with Crippen molar-refractivity contribution in [1.29, 1.82) is 0 Å². The molecule has 1 aromatic rings. The monoisotopic (exact) mass is 303 g/mol. The number of nitrogens with two attached hydrogens (primary N) is 1. The fraction of sp³-hybridized carbons (Fsp3) is 0.727. The van der Waals surface area contributed by atoms with Gasteiger partial charge in [0.1, 0.15) is 0 Å². The zero-order chi connectivity index (χ0) is 11.7. The van der Waals surface area contributed by atoms with E-state index in [0.29, 0.717) is 5.25 Å². The lowest BCUT2D eigenvalue weighted by Crippen LogP contribution is -2.33. The summed E-state index contributed by atoms with van der Waals surface area (Å²) in [5.74, 6) is 1.27. The minimum Gasteiger partial charge on any atom is -0.326 e. The van der Waals surface area contributed by atoms with E-state index in [1.54, 1.807) is 0 Å². The first-order valence-corrected chi connectivity index (χ1v) is 7.49. The van der Waals surface area contributed by atoms with Crippen LogP contribution in [0.15, 0.2) is 4.47 Å². The quantitative estimate of drug-likeness (QED) is 0.931. The Morgan fingerprint density at radius 1 is 1.69 bits per heavy atom. The van der Waals surface area contributed by atoms with Gasteiger partial charge in [0, 0.05) is 24.8 Å². The highest BCUT2D eigenvalue weighted by Crippen LogP contribution is 2.30. The van der Waals surface area contributed by atoms with Gasteiger partial charge >= 0.3 is 0 Å². The maximum atomic E-state index is 6.28. The van der Waals surface area contributed by atoms with E-state index in [4.69, 9.17) is 5.73 Å². The summed E-state index contributed by atoms with van der Waals surface area (Å²) in [7, 11) is 1.99. The van der Waals surface area contributed by atoms with Crippen LogP contribution in [0.25, 0.3) is 0 Å². The summed E-state index contributed by atoms with van der Waals surface area (Å²) in [6.07, 6.45) is 3.49. The Morgan fingerprint density at radius 3 is 2.94 bits per heavy atom. The number of halogens is 1. The van der Waals surface area contributed by atoms with Gasteiger partial charge in [0.15, 0.2) is 0 Å². The lowest BCUT2D eigenvalue weighted by molar-refractivity contribution is 0.578. The molecule has 2 heterocycles. The average molecular weight is 304 g/mol. The third-order valence-electron chi connectivity index (χ3n) is 3.13. The molecule has 1 aliphatic rings. The maximum absolute atomic E-state index is 6.28. The van der Waals surface area contributed by atoms with Crippen molar-refractivity contribution >= 4 is 27.7 Å². The van der Waals surface area contributed by atoms with Gasteiger partial charge < -0.3 is 5.73 Å². The van der Waals surface area contributed by atoms with E-state index in [9.17, 15) is 0 Å². The first-order valence-electron chi connectivity index (χ1n) is 5.64. The predicted octanol–water partition coefficient (Wildman–Crippen LogP) is 2.26. The Hall–Kier alpha value is -0.000000000000000111. The van der Waals surface area contributed by atoms with Gasteiger partial charge in [-0.25, -0.2) is 0 Å². The topological polar surface area (TPSA) is 43.8 Å². The van der Waals surface area contributed by atoms with Crippen LogP contribution in [0.4, 0.5) is 0 Å². The Balaban J connectivity index is 2.07. The van der Waals surface area contributed by atoms with Crippen molar-refractivity contribution in [3.63, 3.8) is 0 Å². The molecule has 3 nitrogen and oxygen atoms in total. The zero-order valence-corrected chi connectivity index (χ0v) is 12.1. The van der Waals surface area contributed by atoms with Crippen molar-refractivity contribution < 1.29 is 0 Å². The van der Waals surface area contributed by atoms with Gasteiger partial charge in [-0.15, -0.1) is 0 Å².